The summed E-state index contributed by atoms with van der Waals surface area (Å²) in [4.78, 5) is 11.2. The van der Waals surface area contributed by atoms with Gasteiger partial charge in [0.15, 0.2) is 0 Å². The summed E-state index contributed by atoms with van der Waals surface area (Å²) in [5.74, 6) is 4.50. The number of aromatic nitrogens is 2. The van der Waals surface area contributed by atoms with Crippen LogP contribution >= 0.6 is 0 Å². The van der Waals surface area contributed by atoms with Gasteiger partial charge in [0.1, 0.15) is 29.5 Å². The first kappa shape index (κ1) is 15.8. The van der Waals surface area contributed by atoms with E-state index in [2.05, 4.69) is 46.2 Å². The highest BCUT2D eigenvalue weighted by Crippen LogP contribution is 2.26. The molecule has 0 aromatic carbocycles. The van der Waals surface area contributed by atoms with Crippen molar-refractivity contribution < 1.29 is 4.42 Å². The second-order valence-corrected chi connectivity index (χ2v) is 6.69. The summed E-state index contributed by atoms with van der Waals surface area (Å²) in [6.07, 6.45) is 4.19. The topological polar surface area (TPSA) is 54.2 Å². The predicted molar refractivity (Wildman–Crippen MR) is 92.9 cm³/mol. The quantitative estimate of drug-likeness (QED) is 0.921. The van der Waals surface area contributed by atoms with Gasteiger partial charge in [0, 0.05) is 24.7 Å². The molecule has 0 spiro atoms. The van der Waals surface area contributed by atoms with Crippen molar-refractivity contribution in [3.05, 3.63) is 35.5 Å². The molecule has 0 saturated carbocycles. The van der Waals surface area contributed by atoms with Gasteiger partial charge < -0.3 is 14.6 Å². The third kappa shape index (κ3) is 3.66. The van der Waals surface area contributed by atoms with Crippen LogP contribution in [0.5, 0.6) is 0 Å². The first-order chi connectivity index (χ1) is 11.0. The van der Waals surface area contributed by atoms with Gasteiger partial charge in [0.05, 0.1) is 6.04 Å². The number of rotatable bonds is 4. The summed E-state index contributed by atoms with van der Waals surface area (Å²) >= 11 is 0. The van der Waals surface area contributed by atoms with Gasteiger partial charge in [-0.25, -0.2) is 9.97 Å². The summed E-state index contributed by atoms with van der Waals surface area (Å²) in [5.41, 5.74) is 1.18. The summed E-state index contributed by atoms with van der Waals surface area (Å²) in [5, 5.41) is 3.47. The van der Waals surface area contributed by atoms with Crippen LogP contribution in [0.4, 0.5) is 11.6 Å². The van der Waals surface area contributed by atoms with Crippen LogP contribution in [0.15, 0.2) is 22.9 Å². The number of piperidine rings is 1. The standard InChI is InChI=1S/C18H26N4O/c1-12-6-5-7-22(10-12)18-9-17(19-11-20-18)21-14(3)16-8-13(2)23-15(16)4/h8-9,11-12,14H,5-7,10H2,1-4H3,(H,19,20,21). The lowest BCUT2D eigenvalue weighted by molar-refractivity contribution is 0.444. The van der Waals surface area contributed by atoms with Gasteiger partial charge in [0.2, 0.25) is 0 Å². The smallest absolute Gasteiger partial charge is 0.134 e. The van der Waals surface area contributed by atoms with E-state index in [1.165, 1.54) is 18.4 Å². The fourth-order valence-electron chi connectivity index (χ4n) is 3.38. The molecule has 3 heterocycles. The molecular formula is C18H26N4O. The number of aryl methyl sites for hydroxylation is 2. The van der Waals surface area contributed by atoms with Crippen LogP contribution in [0.25, 0.3) is 0 Å². The number of anilines is 2. The lowest BCUT2D eigenvalue weighted by atomic mass is 10.0. The van der Waals surface area contributed by atoms with E-state index < -0.39 is 0 Å². The van der Waals surface area contributed by atoms with Crippen molar-refractivity contribution in [2.45, 2.75) is 46.6 Å². The van der Waals surface area contributed by atoms with E-state index in [-0.39, 0.29) is 6.04 Å². The number of furan rings is 1. The predicted octanol–water partition coefficient (Wildman–Crippen LogP) is 4.10. The van der Waals surface area contributed by atoms with Gasteiger partial charge in [-0.15, -0.1) is 0 Å². The largest absolute Gasteiger partial charge is 0.466 e. The zero-order valence-corrected chi connectivity index (χ0v) is 14.5. The van der Waals surface area contributed by atoms with Crippen molar-refractivity contribution >= 4 is 11.6 Å². The van der Waals surface area contributed by atoms with E-state index in [0.717, 1.165) is 42.2 Å². The molecule has 3 rings (SSSR count). The Morgan fingerprint density at radius 1 is 1.30 bits per heavy atom. The van der Waals surface area contributed by atoms with Crippen LogP contribution in [-0.4, -0.2) is 23.1 Å². The Bertz CT molecular complexity index is 667. The molecule has 1 N–H and O–H groups in total. The fraction of sp³-hybridized carbons (Fsp3) is 0.556. The molecule has 0 aliphatic carbocycles. The van der Waals surface area contributed by atoms with E-state index in [1.807, 2.05) is 13.8 Å². The summed E-state index contributed by atoms with van der Waals surface area (Å²) in [6, 6.07) is 4.29. The molecule has 2 aromatic heterocycles. The van der Waals surface area contributed by atoms with Gasteiger partial charge in [-0.2, -0.15) is 0 Å². The second kappa shape index (κ2) is 6.60. The Balaban J connectivity index is 1.73. The molecular weight excluding hydrogens is 288 g/mol. The average Bonchev–Trinajstić information content (AvgIpc) is 2.86. The first-order valence-corrected chi connectivity index (χ1v) is 8.43. The van der Waals surface area contributed by atoms with Gasteiger partial charge >= 0.3 is 0 Å². The highest BCUT2D eigenvalue weighted by molar-refractivity contribution is 5.50. The maximum atomic E-state index is 5.62. The highest BCUT2D eigenvalue weighted by Gasteiger charge is 2.19. The minimum absolute atomic E-state index is 0.149. The van der Waals surface area contributed by atoms with E-state index in [9.17, 15) is 0 Å². The minimum atomic E-state index is 0.149. The van der Waals surface area contributed by atoms with Gasteiger partial charge in [-0.05, 0) is 45.6 Å². The average molecular weight is 314 g/mol. The number of hydrogen-bond donors (Lipinski definition) is 1. The Kier molecular flexibility index (Phi) is 4.55. The zero-order valence-electron chi connectivity index (χ0n) is 14.5. The molecule has 1 saturated heterocycles. The Labute approximate surface area is 138 Å². The number of hydrogen-bond acceptors (Lipinski definition) is 5. The normalized spacial score (nSPS) is 19.7. The molecule has 1 fully saturated rings. The summed E-state index contributed by atoms with van der Waals surface area (Å²) in [7, 11) is 0. The molecule has 5 heteroatoms. The van der Waals surface area contributed by atoms with E-state index >= 15 is 0 Å². The maximum Gasteiger partial charge on any atom is 0.134 e. The van der Waals surface area contributed by atoms with Gasteiger partial charge in [0.25, 0.3) is 0 Å². The van der Waals surface area contributed by atoms with Crippen molar-refractivity contribution in [1.82, 2.24) is 9.97 Å². The van der Waals surface area contributed by atoms with Gasteiger partial charge in [-0.1, -0.05) is 6.92 Å². The number of nitrogens with zero attached hydrogens (tertiary/aromatic N) is 3. The molecule has 2 atom stereocenters. The minimum Gasteiger partial charge on any atom is -0.466 e. The van der Waals surface area contributed by atoms with Crippen LogP contribution in [-0.2, 0) is 0 Å². The SMILES string of the molecule is Cc1cc(C(C)Nc2cc(N3CCCC(C)C3)ncn2)c(C)o1. The third-order valence-corrected chi connectivity index (χ3v) is 4.54. The summed E-state index contributed by atoms with van der Waals surface area (Å²) < 4.78 is 5.62. The molecule has 5 nitrogen and oxygen atoms in total. The van der Waals surface area contributed by atoms with Gasteiger partial charge in [-0.3, -0.25) is 0 Å². The van der Waals surface area contributed by atoms with Crippen LogP contribution in [0.3, 0.4) is 0 Å². The van der Waals surface area contributed by atoms with Crippen molar-refractivity contribution in [2.24, 2.45) is 5.92 Å². The van der Waals surface area contributed by atoms with E-state index in [1.54, 1.807) is 6.33 Å². The van der Waals surface area contributed by atoms with Crippen molar-refractivity contribution in [3.8, 4) is 0 Å². The third-order valence-electron chi connectivity index (χ3n) is 4.54. The lowest BCUT2D eigenvalue weighted by Crippen LogP contribution is -2.34. The molecule has 2 aromatic rings. The zero-order chi connectivity index (χ0) is 16.4. The second-order valence-electron chi connectivity index (χ2n) is 6.69. The van der Waals surface area contributed by atoms with Crippen LogP contribution in [0.2, 0.25) is 0 Å². The molecule has 1 aliphatic heterocycles. The molecule has 23 heavy (non-hydrogen) atoms. The van der Waals surface area contributed by atoms with E-state index in [0.29, 0.717) is 0 Å². The highest BCUT2D eigenvalue weighted by atomic mass is 16.3. The Hall–Kier alpha value is -2.04. The molecule has 0 radical (unpaired) electrons. The van der Waals surface area contributed by atoms with Crippen LogP contribution in [0, 0.1) is 19.8 Å². The summed E-state index contributed by atoms with van der Waals surface area (Å²) in [6.45, 7) is 10.6. The molecule has 2 unspecified atom stereocenters. The Morgan fingerprint density at radius 3 is 2.83 bits per heavy atom. The van der Waals surface area contributed by atoms with Crippen molar-refractivity contribution in [3.63, 3.8) is 0 Å². The molecule has 1 aliphatic rings. The monoisotopic (exact) mass is 314 g/mol. The number of nitrogens with one attached hydrogen (secondary N) is 1. The maximum absolute atomic E-state index is 5.62. The van der Waals surface area contributed by atoms with Crippen molar-refractivity contribution in [2.75, 3.05) is 23.3 Å². The fourth-order valence-corrected chi connectivity index (χ4v) is 3.38. The first-order valence-electron chi connectivity index (χ1n) is 8.43. The van der Waals surface area contributed by atoms with Crippen LogP contribution in [0.1, 0.15) is 49.8 Å². The van der Waals surface area contributed by atoms with E-state index in [4.69, 9.17) is 4.42 Å². The Morgan fingerprint density at radius 2 is 2.13 bits per heavy atom. The van der Waals surface area contributed by atoms with Crippen molar-refractivity contribution in [1.29, 1.82) is 0 Å². The molecule has 0 bridgehead atoms. The van der Waals surface area contributed by atoms with Crippen LogP contribution < -0.4 is 10.2 Å². The molecule has 124 valence electrons. The molecule has 0 amide bonds. The lowest BCUT2D eigenvalue weighted by Gasteiger charge is -2.31.